The van der Waals surface area contributed by atoms with Crippen molar-refractivity contribution in [3.05, 3.63) is 87.7 Å². The molecule has 162 valence electrons. The largest absolute Gasteiger partial charge is 0.340 e. The molecule has 1 aliphatic rings. The number of amides is 1. The number of hydrogen-bond donors (Lipinski definition) is 1. The second-order valence-corrected chi connectivity index (χ2v) is 8.63. The van der Waals surface area contributed by atoms with Crippen LogP contribution in [0.5, 0.6) is 0 Å². The number of nitrogens with one attached hydrogen (secondary N) is 1. The Hall–Kier alpha value is -2.63. The Bertz CT molecular complexity index is 988. The Balaban J connectivity index is 1.41. The van der Waals surface area contributed by atoms with E-state index in [1.807, 2.05) is 36.9 Å². The molecule has 1 atom stereocenters. The summed E-state index contributed by atoms with van der Waals surface area (Å²) in [5.41, 5.74) is 5.70. The lowest BCUT2D eigenvalue weighted by Crippen LogP contribution is -2.49. The molecule has 1 fully saturated rings. The second kappa shape index (κ2) is 9.67. The third-order valence-electron chi connectivity index (χ3n) is 6.20. The SMILES string of the molecule is Cc1n[nH]c(C)c1CCC(=O)N1CCN(C(c2ccccc2)c2ccc(Cl)cc2)CC1. The average Bonchev–Trinajstić information content (AvgIpc) is 3.12. The van der Waals surface area contributed by atoms with Crippen LogP contribution in [0, 0.1) is 13.8 Å². The number of aromatic nitrogens is 2. The number of H-pyrrole nitrogens is 1. The van der Waals surface area contributed by atoms with Gasteiger partial charge in [-0.15, -0.1) is 0 Å². The molecule has 0 radical (unpaired) electrons. The summed E-state index contributed by atoms with van der Waals surface area (Å²) >= 11 is 6.12. The van der Waals surface area contributed by atoms with Crippen molar-refractivity contribution in [3.63, 3.8) is 0 Å². The van der Waals surface area contributed by atoms with E-state index in [1.165, 1.54) is 16.7 Å². The molecule has 1 saturated heterocycles. The van der Waals surface area contributed by atoms with E-state index in [0.29, 0.717) is 6.42 Å². The zero-order valence-electron chi connectivity index (χ0n) is 18.1. The van der Waals surface area contributed by atoms with E-state index in [9.17, 15) is 4.79 Å². The van der Waals surface area contributed by atoms with Gasteiger partial charge in [0.15, 0.2) is 0 Å². The van der Waals surface area contributed by atoms with Crippen LogP contribution < -0.4 is 0 Å². The molecule has 6 heteroatoms. The van der Waals surface area contributed by atoms with Crippen LogP contribution in [0.1, 0.15) is 40.5 Å². The number of nitrogens with zero attached hydrogens (tertiary/aromatic N) is 3. The van der Waals surface area contributed by atoms with Crippen molar-refractivity contribution in [1.82, 2.24) is 20.0 Å². The number of hydrogen-bond acceptors (Lipinski definition) is 3. The van der Waals surface area contributed by atoms with Crippen LogP contribution in [-0.2, 0) is 11.2 Å². The van der Waals surface area contributed by atoms with E-state index in [2.05, 4.69) is 51.5 Å². The summed E-state index contributed by atoms with van der Waals surface area (Å²) in [6, 6.07) is 18.8. The zero-order valence-corrected chi connectivity index (χ0v) is 18.9. The maximum Gasteiger partial charge on any atom is 0.222 e. The Morgan fingerprint density at radius 3 is 2.26 bits per heavy atom. The van der Waals surface area contributed by atoms with E-state index in [-0.39, 0.29) is 11.9 Å². The fourth-order valence-corrected chi connectivity index (χ4v) is 4.58. The van der Waals surface area contributed by atoms with Gasteiger partial charge >= 0.3 is 0 Å². The van der Waals surface area contributed by atoms with Crippen molar-refractivity contribution < 1.29 is 4.79 Å². The molecule has 0 bridgehead atoms. The first kappa shape index (κ1) is 21.6. The smallest absolute Gasteiger partial charge is 0.222 e. The van der Waals surface area contributed by atoms with Crippen molar-refractivity contribution in [1.29, 1.82) is 0 Å². The fraction of sp³-hybridized carbons (Fsp3) is 0.360. The van der Waals surface area contributed by atoms with Crippen LogP contribution in [0.3, 0.4) is 0 Å². The highest BCUT2D eigenvalue weighted by Gasteiger charge is 2.28. The molecular weight excluding hydrogens is 408 g/mol. The van der Waals surface area contributed by atoms with Crippen molar-refractivity contribution >= 4 is 17.5 Å². The quantitative estimate of drug-likeness (QED) is 0.616. The first-order valence-corrected chi connectivity index (χ1v) is 11.2. The van der Waals surface area contributed by atoms with Gasteiger partial charge in [0, 0.05) is 43.3 Å². The minimum absolute atomic E-state index is 0.159. The summed E-state index contributed by atoms with van der Waals surface area (Å²) < 4.78 is 0. The van der Waals surface area contributed by atoms with Crippen LogP contribution >= 0.6 is 11.6 Å². The van der Waals surface area contributed by atoms with Gasteiger partial charge in [0.25, 0.3) is 0 Å². The van der Waals surface area contributed by atoms with Crippen LogP contribution in [0.4, 0.5) is 0 Å². The van der Waals surface area contributed by atoms with Crippen molar-refractivity contribution in [2.45, 2.75) is 32.7 Å². The summed E-state index contributed by atoms with van der Waals surface area (Å²) in [5.74, 6) is 0.224. The van der Waals surface area contributed by atoms with Gasteiger partial charge in [0.05, 0.1) is 11.7 Å². The number of rotatable bonds is 6. The Morgan fingerprint density at radius 2 is 1.65 bits per heavy atom. The number of aryl methyl sites for hydroxylation is 2. The molecule has 1 amide bonds. The van der Waals surface area contributed by atoms with Crippen LogP contribution in [0.15, 0.2) is 54.6 Å². The minimum atomic E-state index is 0.159. The summed E-state index contributed by atoms with van der Waals surface area (Å²) in [6.07, 6.45) is 1.27. The molecule has 1 aromatic heterocycles. The summed E-state index contributed by atoms with van der Waals surface area (Å²) in [7, 11) is 0. The summed E-state index contributed by atoms with van der Waals surface area (Å²) in [4.78, 5) is 17.3. The highest BCUT2D eigenvalue weighted by molar-refractivity contribution is 6.30. The molecule has 5 nitrogen and oxygen atoms in total. The molecule has 31 heavy (non-hydrogen) atoms. The van der Waals surface area contributed by atoms with E-state index < -0.39 is 0 Å². The van der Waals surface area contributed by atoms with Gasteiger partial charge < -0.3 is 4.90 Å². The molecular formula is C25H29ClN4O. The summed E-state index contributed by atoms with van der Waals surface area (Å²) in [6.45, 7) is 7.19. The normalized spacial score (nSPS) is 15.8. The second-order valence-electron chi connectivity index (χ2n) is 8.19. The number of piperazine rings is 1. The van der Waals surface area contributed by atoms with Gasteiger partial charge in [-0.1, -0.05) is 54.1 Å². The molecule has 0 spiro atoms. The predicted molar refractivity (Wildman–Crippen MR) is 124 cm³/mol. The van der Waals surface area contributed by atoms with E-state index in [1.54, 1.807) is 0 Å². The van der Waals surface area contributed by atoms with Crippen molar-refractivity contribution in [2.24, 2.45) is 0 Å². The Kier molecular flexibility index (Phi) is 6.73. The Labute approximate surface area is 189 Å². The first-order chi connectivity index (χ1) is 15.0. The molecule has 0 saturated carbocycles. The molecule has 0 aliphatic carbocycles. The topological polar surface area (TPSA) is 52.2 Å². The number of benzene rings is 2. The molecule has 2 heterocycles. The Morgan fingerprint density at radius 1 is 1.00 bits per heavy atom. The predicted octanol–water partition coefficient (Wildman–Crippen LogP) is 4.55. The van der Waals surface area contributed by atoms with Gasteiger partial charge in [-0.05, 0) is 49.1 Å². The number of carbonyl (C=O) groups excluding carboxylic acids is 1. The first-order valence-electron chi connectivity index (χ1n) is 10.9. The van der Waals surface area contributed by atoms with Crippen LogP contribution in [0.2, 0.25) is 5.02 Å². The molecule has 2 aromatic carbocycles. The van der Waals surface area contributed by atoms with Gasteiger partial charge in [-0.2, -0.15) is 5.10 Å². The maximum absolute atomic E-state index is 12.8. The lowest BCUT2D eigenvalue weighted by Gasteiger charge is -2.40. The highest BCUT2D eigenvalue weighted by atomic mass is 35.5. The van der Waals surface area contributed by atoms with Gasteiger partial charge in [0.2, 0.25) is 5.91 Å². The molecule has 1 unspecified atom stereocenters. The number of aromatic amines is 1. The molecule has 1 N–H and O–H groups in total. The molecule has 1 aliphatic heterocycles. The summed E-state index contributed by atoms with van der Waals surface area (Å²) in [5, 5.41) is 7.98. The van der Waals surface area contributed by atoms with E-state index in [0.717, 1.165) is 49.0 Å². The molecule has 3 aromatic rings. The lowest BCUT2D eigenvalue weighted by molar-refractivity contribution is -0.133. The third kappa shape index (κ3) is 5.00. The van der Waals surface area contributed by atoms with E-state index in [4.69, 9.17) is 11.6 Å². The van der Waals surface area contributed by atoms with Gasteiger partial charge in [0.1, 0.15) is 0 Å². The molecule has 4 rings (SSSR count). The zero-order chi connectivity index (χ0) is 21.8. The third-order valence-corrected chi connectivity index (χ3v) is 6.45. The maximum atomic E-state index is 12.8. The van der Waals surface area contributed by atoms with Gasteiger partial charge in [-0.25, -0.2) is 0 Å². The van der Waals surface area contributed by atoms with Crippen LogP contribution in [-0.4, -0.2) is 52.1 Å². The van der Waals surface area contributed by atoms with Crippen LogP contribution in [0.25, 0.3) is 0 Å². The van der Waals surface area contributed by atoms with E-state index >= 15 is 0 Å². The highest BCUT2D eigenvalue weighted by Crippen LogP contribution is 2.30. The lowest BCUT2D eigenvalue weighted by atomic mass is 9.96. The van der Waals surface area contributed by atoms with Crippen molar-refractivity contribution in [2.75, 3.05) is 26.2 Å². The fourth-order valence-electron chi connectivity index (χ4n) is 4.46. The average molecular weight is 437 g/mol. The number of carbonyl (C=O) groups is 1. The monoisotopic (exact) mass is 436 g/mol. The van der Waals surface area contributed by atoms with Crippen molar-refractivity contribution in [3.8, 4) is 0 Å². The minimum Gasteiger partial charge on any atom is -0.340 e. The van der Waals surface area contributed by atoms with Gasteiger partial charge in [-0.3, -0.25) is 14.8 Å². The number of halogens is 1. The standard InChI is InChI=1S/C25H29ClN4O/c1-18-23(19(2)28-27-18)12-13-24(31)29-14-16-30(17-15-29)25(20-6-4-3-5-7-20)21-8-10-22(26)11-9-21/h3-11,25H,12-17H2,1-2H3,(H,27,28).